The van der Waals surface area contributed by atoms with E-state index in [4.69, 9.17) is 9.47 Å². The Morgan fingerprint density at radius 1 is 0.483 bits per heavy atom. The lowest BCUT2D eigenvalue weighted by Crippen LogP contribution is -2.15. The Morgan fingerprint density at radius 2 is 0.897 bits per heavy atom. The van der Waals surface area contributed by atoms with Gasteiger partial charge in [0.1, 0.15) is 0 Å². The van der Waals surface area contributed by atoms with Gasteiger partial charge in [-0.2, -0.15) is 0 Å². The fourth-order valence-electron chi connectivity index (χ4n) is 7.15. The van der Waals surface area contributed by atoms with Crippen LogP contribution in [-0.2, 0) is 22.3 Å². The lowest BCUT2D eigenvalue weighted by Gasteiger charge is -2.15. The summed E-state index contributed by atoms with van der Waals surface area (Å²) in [5.41, 5.74) is 2.27. The molecule has 2 rings (SSSR count). The molecule has 0 bridgehead atoms. The standard InChI is InChI=1S/C26H42O4.C24H38O4/c1-21(2)15-9-5-7-13-19-29-25(27)23-17-11-12-18-24(23)26(28)30-20-14-8-6-10-16-22(3)4;1-3-5-7-9-11-13-15-19-17-18-21(23(25)26)22(24(27)28)20(19)16-14-12-10-8-6-4-2/h11-12,17-18,21-22H,5-10,13-16,19-20H2,1-4H3;17-18H,3-16H2,1-2H3,(H,25,26)(H,27,28). The minimum Gasteiger partial charge on any atom is -0.478 e. The van der Waals surface area contributed by atoms with E-state index in [2.05, 4.69) is 41.5 Å². The summed E-state index contributed by atoms with van der Waals surface area (Å²) in [5, 5.41) is 19.1. The summed E-state index contributed by atoms with van der Waals surface area (Å²) in [6.45, 7) is 14.1. The molecule has 0 saturated heterocycles. The zero-order chi connectivity index (χ0) is 43.0. The van der Waals surface area contributed by atoms with Crippen LogP contribution in [0.2, 0.25) is 0 Å². The molecule has 0 spiro atoms. The van der Waals surface area contributed by atoms with E-state index in [0.29, 0.717) is 30.8 Å². The van der Waals surface area contributed by atoms with Crippen molar-refractivity contribution in [1.82, 2.24) is 0 Å². The third-order valence-corrected chi connectivity index (χ3v) is 10.6. The summed E-state index contributed by atoms with van der Waals surface area (Å²) in [6, 6.07) is 10.1. The van der Waals surface area contributed by atoms with Gasteiger partial charge in [-0.15, -0.1) is 0 Å². The monoisotopic (exact) mass is 809 g/mol. The molecule has 0 aliphatic heterocycles. The average Bonchev–Trinajstić information content (AvgIpc) is 3.19. The van der Waals surface area contributed by atoms with Crippen LogP contribution in [0.4, 0.5) is 0 Å². The minimum atomic E-state index is -1.16. The maximum Gasteiger partial charge on any atom is 0.339 e. The minimum absolute atomic E-state index is 0.00420. The lowest BCUT2D eigenvalue weighted by molar-refractivity contribution is 0.0450. The maximum atomic E-state index is 12.4. The highest BCUT2D eigenvalue weighted by Gasteiger charge is 2.23. The van der Waals surface area contributed by atoms with Crippen molar-refractivity contribution >= 4 is 23.9 Å². The van der Waals surface area contributed by atoms with Crippen LogP contribution in [0.15, 0.2) is 36.4 Å². The van der Waals surface area contributed by atoms with Gasteiger partial charge in [-0.1, -0.05) is 175 Å². The third kappa shape index (κ3) is 23.7. The van der Waals surface area contributed by atoms with Crippen molar-refractivity contribution in [3.05, 3.63) is 69.8 Å². The third-order valence-electron chi connectivity index (χ3n) is 10.6. The van der Waals surface area contributed by atoms with Gasteiger partial charge in [0, 0.05) is 0 Å². The number of benzene rings is 2. The fourth-order valence-corrected chi connectivity index (χ4v) is 7.15. The number of carbonyl (C=O) groups excluding carboxylic acids is 2. The van der Waals surface area contributed by atoms with E-state index in [-0.39, 0.29) is 11.1 Å². The number of hydrogen-bond donors (Lipinski definition) is 2. The highest BCUT2D eigenvalue weighted by atomic mass is 16.5. The van der Waals surface area contributed by atoms with Crippen molar-refractivity contribution in [2.45, 2.75) is 196 Å². The second-order valence-corrected chi connectivity index (χ2v) is 16.8. The van der Waals surface area contributed by atoms with Gasteiger partial charge in [-0.05, 0) is 79.7 Å². The van der Waals surface area contributed by atoms with Crippen molar-refractivity contribution in [2.75, 3.05) is 13.2 Å². The molecule has 0 aliphatic carbocycles. The largest absolute Gasteiger partial charge is 0.478 e. The number of carbonyl (C=O) groups is 4. The van der Waals surface area contributed by atoms with Crippen molar-refractivity contribution < 1.29 is 38.9 Å². The Kier molecular flexibility index (Phi) is 29.9. The predicted molar refractivity (Wildman–Crippen MR) is 237 cm³/mol. The molecule has 328 valence electrons. The predicted octanol–water partition coefficient (Wildman–Crippen LogP) is 14.1. The SMILES string of the molecule is CC(C)CCCCCCOC(=O)c1ccccc1C(=O)OCCCCCCC(C)C.CCCCCCCCc1ccc(C(=O)O)c(C(=O)O)c1CCCCCCCC. The molecular weight excluding hydrogens is 729 g/mol. The number of unbranched alkanes of at least 4 members (excludes halogenated alkanes) is 16. The number of esters is 2. The molecule has 2 aromatic carbocycles. The first-order chi connectivity index (χ1) is 27.9. The first kappa shape index (κ1) is 52.3. The molecule has 8 heteroatoms. The number of aromatic carboxylic acids is 2. The molecule has 0 radical (unpaired) electrons. The van der Waals surface area contributed by atoms with E-state index >= 15 is 0 Å². The van der Waals surface area contributed by atoms with Crippen LogP contribution in [0.25, 0.3) is 0 Å². The molecule has 8 nitrogen and oxygen atoms in total. The summed E-state index contributed by atoms with van der Waals surface area (Å²) in [7, 11) is 0. The van der Waals surface area contributed by atoms with Crippen molar-refractivity contribution in [3.63, 3.8) is 0 Å². The van der Waals surface area contributed by atoms with E-state index in [9.17, 15) is 29.4 Å². The van der Waals surface area contributed by atoms with Crippen LogP contribution in [0.5, 0.6) is 0 Å². The molecule has 2 N–H and O–H groups in total. The normalized spacial score (nSPS) is 11.0. The summed E-state index contributed by atoms with van der Waals surface area (Å²) in [6.07, 6.45) is 26.4. The zero-order valence-corrected chi connectivity index (χ0v) is 37.3. The van der Waals surface area contributed by atoms with Gasteiger partial charge in [0.15, 0.2) is 0 Å². The molecule has 0 saturated carbocycles. The number of hydrogen-bond acceptors (Lipinski definition) is 6. The Bertz CT molecular complexity index is 1380. The van der Waals surface area contributed by atoms with E-state index < -0.39 is 23.9 Å². The van der Waals surface area contributed by atoms with Gasteiger partial charge in [-0.3, -0.25) is 0 Å². The van der Waals surface area contributed by atoms with Gasteiger partial charge in [0.25, 0.3) is 0 Å². The maximum absolute atomic E-state index is 12.4. The molecule has 0 aromatic heterocycles. The Hall–Kier alpha value is -3.68. The van der Waals surface area contributed by atoms with Crippen LogP contribution >= 0.6 is 0 Å². The zero-order valence-electron chi connectivity index (χ0n) is 37.3. The highest BCUT2D eigenvalue weighted by molar-refractivity contribution is 6.03. The van der Waals surface area contributed by atoms with Crippen molar-refractivity contribution in [3.8, 4) is 0 Å². The lowest BCUT2D eigenvalue weighted by atomic mass is 9.89. The molecule has 0 aliphatic rings. The van der Waals surface area contributed by atoms with Gasteiger partial charge in [0.2, 0.25) is 0 Å². The number of rotatable bonds is 32. The molecule has 0 atom stereocenters. The topological polar surface area (TPSA) is 127 Å². The summed E-state index contributed by atoms with van der Waals surface area (Å²) >= 11 is 0. The smallest absolute Gasteiger partial charge is 0.339 e. The molecule has 0 amide bonds. The quantitative estimate of drug-likeness (QED) is 0.0552. The van der Waals surface area contributed by atoms with Gasteiger partial charge in [0.05, 0.1) is 35.5 Å². The molecule has 0 unspecified atom stereocenters. The summed E-state index contributed by atoms with van der Waals surface area (Å²) in [4.78, 5) is 48.2. The second kappa shape index (κ2) is 33.2. The second-order valence-electron chi connectivity index (χ2n) is 16.8. The fraction of sp³-hybridized carbons (Fsp3) is 0.680. The van der Waals surface area contributed by atoms with Gasteiger partial charge >= 0.3 is 23.9 Å². The Labute approximate surface area is 352 Å². The van der Waals surface area contributed by atoms with Crippen LogP contribution in [0.1, 0.15) is 235 Å². The Balaban J connectivity index is 0.000000581. The van der Waals surface area contributed by atoms with Crippen molar-refractivity contribution in [2.24, 2.45) is 11.8 Å². The van der Waals surface area contributed by atoms with Gasteiger partial charge < -0.3 is 19.7 Å². The first-order valence-corrected chi connectivity index (χ1v) is 23.0. The highest BCUT2D eigenvalue weighted by Crippen LogP contribution is 2.25. The summed E-state index contributed by atoms with van der Waals surface area (Å²) < 4.78 is 10.8. The summed E-state index contributed by atoms with van der Waals surface area (Å²) in [5.74, 6) is -1.69. The van der Waals surface area contributed by atoms with Gasteiger partial charge in [-0.25, -0.2) is 19.2 Å². The average molecular weight is 809 g/mol. The van der Waals surface area contributed by atoms with Crippen LogP contribution in [-0.4, -0.2) is 47.3 Å². The van der Waals surface area contributed by atoms with E-state index in [0.717, 1.165) is 100 Å². The molecule has 2 aromatic rings. The van der Waals surface area contributed by atoms with E-state index in [1.807, 2.05) is 6.07 Å². The molecule has 58 heavy (non-hydrogen) atoms. The van der Waals surface area contributed by atoms with Crippen LogP contribution in [0.3, 0.4) is 0 Å². The van der Waals surface area contributed by atoms with E-state index in [1.165, 1.54) is 76.7 Å². The van der Waals surface area contributed by atoms with Crippen LogP contribution < -0.4 is 0 Å². The molecule has 0 heterocycles. The molecular formula is C50H80O8. The number of aryl methyl sites for hydroxylation is 1. The van der Waals surface area contributed by atoms with E-state index in [1.54, 1.807) is 24.3 Å². The number of carboxylic acids is 2. The van der Waals surface area contributed by atoms with Crippen molar-refractivity contribution in [1.29, 1.82) is 0 Å². The first-order valence-electron chi connectivity index (χ1n) is 23.0. The molecule has 0 fully saturated rings. The number of ether oxygens (including phenoxy) is 2. The Morgan fingerprint density at radius 3 is 1.33 bits per heavy atom. The number of carboxylic acid groups (broad SMARTS) is 2. The van der Waals surface area contributed by atoms with Crippen LogP contribution in [0, 0.1) is 11.8 Å².